The molecule has 180 valence electrons. The Hall–Kier alpha value is -3.76. The number of pyridine rings is 1. The van der Waals surface area contributed by atoms with Crippen molar-refractivity contribution in [3.63, 3.8) is 0 Å². The zero-order valence-corrected chi connectivity index (χ0v) is 20.5. The lowest BCUT2D eigenvalue weighted by molar-refractivity contribution is -0.122. The van der Waals surface area contributed by atoms with Gasteiger partial charge in [0.2, 0.25) is 11.8 Å². The van der Waals surface area contributed by atoms with E-state index in [4.69, 9.17) is 16.0 Å². The van der Waals surface area contributed by atoms with E-state index < -0.39 is 15.4 Å². The molecule has 0 atom stereocenters. The van der Waals surface area contributed by atoms with Crippen LogP contribution in [-0.4, -0.2) is 35.4 Å². The van der Waals surface area contributed by atoms with Crippen LogP contribution in [-0.2, 0) is 14.8 Å². The minimum atomic E-state index is -3.89. The first-order chi connectivity index (χ1) is 16.7. The molecule has 0 spiro atoms. The Bertz CT molecular complexity index is 1440. The van der Waals surface area contributed by atoms with Crippen LogP contribution in [0.1, 0.15) is 13.8 Å². The van der Waals surface area contributed by atoms with Crippen LogP contribution in [0.4, 0.5) is 11.4 Å². The molecule has 4 aromatic rings. The highest BCUT2D eigenvalue weighted by Gasteiger charge is 2.26. The van der Waals surface area contributed by atoms with Gasteiger partial charge in [0.05, 0.1) is 16.0 Å². The first-order valence-corrected chi connectivity index (χ1v) is 12.6. The number of halogens is 1. The number of carbonyl (C=O) groups is 1. The molecule has 0 saturated heterocycles. The van der Waals surface area contributed by atoms with E-state index in [-0.39, 0.29) is 28.5 Å². The number of aromatic nitrogens is 3. The second-order valence-corrected chi connectivity index (χ2v) is 10.3. The minimum Gasteiger partial charge on any atom is -0.415 e. The smallest absolute Gasteiger partial charge is 0.266 e. The van der Waals surface area contributed by atoms with Gasteiger partial charge in [0, 0.05) is 23.3 Å². The highest BCUT2D eigenvalue weighted by atomic mass is 35.5. The SMILES string of the molecule is CC(C)(CCl)C(=O)Nc1cccc(NS(=O)(=O)c2ccc(-c3nnc(-c4ccccn4)o3)cc2)c1. The standard InChI is InChI=1S/C24H22ClN5O4S/c1-24(2,15-25)23(31)27-17-6-5-7-18(14-17)30-35(32,33)19-11-9-16(10-12-19)21-28-29-22(34-21)20-8-3-4-13-26-20/h3-14,30H,15H2,1-2H3,(H,27,31). The average molecular weight is 512 g/mol. The minimum absolute atomic E-state index is 0.0448. The molecule has 0 unspecified atom stereocenters. The van der Waals surface area contributed by atoms with Gasteiger partial charge in [-0.15, -0.1) is 21.8 Å². The summed E-state index contributed by atoms with van der Waals surface area (Å²) >= 11 is 5.85. The molecular weight excluding hydrogens is 490 g/mol. The lowest BCUT2D eigenvalue weighted by Crippen LogP contribution is -2.32. The van der Waals surface area contributed by atoms with Crippen molar-refractivity contribution in [1.29, 1.82) is 0 Å². The van der Waals surface area contributed by atoms with Crippen LogP contribution in [0.25, 0.3) is 23.0 Å². The average Bonchev–Trinajstić information content (AvgIpc) is 3.35. The van der Waals surface area contributed by atoms with Crippen molar-refractivity contribution in [3.8, 4) is 23.0 Å². The van der Waals surface area contributed by atoms with Crippen LogP contribution in [0.15, 0.2) is 82.2 Å². The number of hydrogen-bond acceptors (Lipinski definition) is 7. The van der Waals surface area contributed by atoms with Crippen LogP contribution in [0.3, 0.4) is 0 Å². The topological polar surface area (TPSA) is 127 Å². The number of nitrogens with one attached hydrogen (secondary N) is 2. The highest BCUT2D eigenvalue weighted by Crippen LogP contribution is 2.26. The largest absolute Gasteiger partial charge is 0.415 e. The van der Waals surface area contributed by atoms with Gasteiger partial charge < -0.3 is 9.73 Å². The fraction of sp³-hybridized carbons (Fsp3) is 0.167. The van der Waals surface area contributed by atoms with Crippen molar-refractivity contribution < 1.29 is 17.6 Å². The maximum absolute atomic E-state index is 12.9. The highest BCUT2D eigenvalue weighted by molar-refractivity contribution is 7.92. The fourth-order valence-electron chi connectivity index (χ4n) is 2.94. The van der Waals surface area contributed by atoms with Crippen LogP contribution < -0.4 is 10.0 Å². The number of hydrogen-bond donors (Lipinski definition) is 2. The third kappa shape index (κ3) is 5.67. The van der Waals surface area contributed by atoms with E-state index in [9.17, 15) is 13.2 Å². The Morgan fingerprint density at radius 3 is 2.37 bits per heavy atom. The van der Waals surface area contributed by atoms with Gasteiger partial charge in [-0.25, -0.2) is 8.42 Å². The Labute approximate surface area is 207 Å². The van der Waals surface area contributed by atoms with Crippen molar-refractivity contribution >= 4 is 38.9 Å². The quantitative estimate of drug-likeness (QED) is 0.325. The van der Waals surface area contributed by atoms with E-state index in [1.165, 1.54) is 18.2 Å². The summed E-state index contributed by atoms with van der Waals surface area (Å²) in [4.78, 5) is 16.6. The maximum atomic E-state index is 12.9. The van der Waals surface area contributed by atoms with Gasteiger partial charge >= 0.3 is 0 Å². The monoisotopic (exact) mass is 511 g/mol. The van der Waals surface area contributed by atoms with E-state index in [2.05, 4.69) is 25.2 Å². The van der Waals surface area contributed by atoms with E-state index >= 15 is 0 Å². The lowest BCUT2D eigenvalue weighted by Gasteiger charge is -2.20. The zero-order chi connectivity index (χ0) is 25.1. The molecule has 0 aliphatic rings. The molecule has 0 bridgehead atoms. The number of amides is 1. The van der Waals surface area contributed by atoms with E-state index in [0.717, 1.165) is 0 Å². The molecule has 11 heteroatoms. The lowest BCUT2D eigenvalue weighted by atomic mass is 9.95. The maximum Gasteiger partial charge on any atom is 0.266 e. The third-order valence-electron chi connectivity index (χ3n) is 5.04. The fourth-order valence-corrected chi connectivity index (χ4v) is 4.12. The Balaban J connectivity index is 1.48. The number of anilines is 2. The molecule has 9 nitrogen and oxygen atoms in total. The summed E-state index contributed by atoms with van der Waals surface area (Å²) in [6, 6.07) is 17.8. The number of nitrogens with zero attached hydrogens (tertiary/aromatic N) is 3. The normalized spacial score (nSPS) is 11.7. The van der Waals surface area contributed by atoms with Gasteiger partial charge in [-0.05, 0) is 68.4 Å². The summed E-state index contributed by atoms with van der Waals surface area (Å²) in [5.41, 5.74) is 1.08. The van der Waals surface area contributed by atoms with Crippen LogP contribution >= 0.6 is 11.6 Å². The van der Waals surface area contributed by atoms with Crippen molar-refractivity contribution in [2.24, 2.45) is 5.41 Å². The second-order valence-electron chi connectivity index (χ2n) is 8.31. The molecule has 1 amide bonds. The molecule has 2 N–H and O–H groups in total. The second kappa shape index (κ2) is 9.85. The van der Waals surface area contributed by atoms with Crippen molar-refractivity contribution in [2.75, 3.05) is 15.9 Å². The van der Waals surface area contributed by atoms with Crippen molar-refractivity contribution in [1.82, 2.24) is 15.2 Å². The Morgan fingerprint density at radius 2 is 1.69 bits per heavy atom. The molecule has 0 aliphatic heterocycles. The van der Waals surface area contributed by atoms with Gasteiger partial charge in [0.15, 0.2) is 0 Å². The summed E-state index contributed by atoms with van der Waals surface area (Å²) in [6.07, 6.45) is 1.62. The summed E-state index contributed by atoms with van der Waals surface area (Å²) < 4.78 is 34.0. The number of rotatable bonds is 8. The molecule has 2 heterocycles. The zero-order valence-electron chi connectivity index (χ0n) is 18.9. The van der Waals surface area contributed by atoms with E-state index in [1.54, 1.807) is 62.5 Å². The van der Waals surface area contributed by atoms with Crippen LogP contribution in [0, 0.1) is 5.41 Å². The van der Waals surface area contributed by atoms with Crippen molar-refractivity contribution in [2.45, 2.75) is 18.7 Å². The summed E-state index contributed by atoms with van der Waals surface area (Å²) in [7, 11) is -3.89. The molecule has 0 fully saturated rings. The molecule has 0 radical (unpaired) electrons. The molecule has 2 aromatic carbocycles. The Morgan fingerprint density at radius 1 is 0.971 bits per heavy atom. The Kier molecular flexibility index (Phi) is 6.86. The molecule has 35 heavy (non-hydrogen) atoms. The van der Waals surface area contributed by atoms with Gasteiger partial charge in [0.1, 0.15) is 5.69 Å². The molecular formula is C24H22ClN5O4S. The molecule has 0 aliphatic carbocycles. The van der Waals surface area contributed by atoms with Gasteiger partial charge in [-0.1, -0.05) is 12.1 Å². The molecule has 2 aromatic heterocycles. The van der Waals surface area contributed by atoms with E-state index in [1.807, 2.05) is 6.07 Å². The summed E-state index contributed by atoms with van der Waals surface area (Å²) in [5, 5.41) is 10.8. The van der Waals surface area contributed by atoms with Crippen molar-refractivity contribution in [3.05, 3.63) is 72.9 Å². The first kappa shape index (κ1) is 24.4. The number of alkyl halides is 1. The first-order valence-electron chi connectivity index (χ1n) is 10.5. The van der Waals surface area contributed by atoms with Crippen LogP contribution in [0.2, 0.25) is 0 Å². The predicted molar refractivity (Wildman–Crippen MR) is 133 cm³/mol. The summed E-state index contributed by atoms with van der Waals surface area (Å²) in [5.74, 6) is 0.386. The number of carbonyl (C=O) groups excluding carboxylic acids is 1. The third-order valence-corrected chi connectivity index (χ3v) is 7.11. The molecule has 0 saturated carbocycles. The molecule has 4 rings (SSSR count). The van der Waals surface area contributed by atoms with E-state index in [0.29, 0.717) is 22.6 Å². The predicted octanol–water partition coefficient (Wildman–Crippen LogP) is 4.80. The van der Waals surface area contributed by atoms with Gasteiger partial charge in [-0.2, -0.15) is 0 Å². The van der Waals surface area contributed by atoms with Crippen LogP contribution in [0.5, 0.6) is 0 Å². The van der Waals surface area contributed by atoms with Gasteiger partial charge in [0.25, 0.3) is 15.9 Å². The van der Waals surface area contributed by atoms with Gasteiger partial charge in [-0.3, -0.25) is 14.5 Å². The number of sulfonamides is 1. The number of benzene rings is 2. The summed E-state index contributed by atoms with van der Waals surface area (Å²) in [6.45, 7) is 3.44.